The number of carboxylic acid groups (broad SMARTS) is 1. The lowest BCUT2D eigenvalue weighted by molar-refractivity contribution is -0.589. The summed E-state index contributed by atoms with van der Waals surface area (Å²) in [6.45, 7) is 3.11. The first-order valence-corrected chi connectivity index (χ1v) is 11.0. The van der Waals surface area contributed by atoms with Gasteiger partial charge >= 0.3 is 18.7 Å². The number of aryl methyl sites for hydroxylation is 2. The molecule has 2 unspecified atom stereocenters. The van der Waals surface area contributed by atoms with E-state index in [0.717, 1.165) is 0 Å². The fourth-order valence-corrected chi connectivity index (χ4v) is 4.11. The number of halogens is 6. The van der Waals surface area contributed by atoms with Gasteiger partial charge < -0.3 is 20.3 Å². The molecule has 0 bridgehead atoms. The topological polar surface area (TPSA) is 106 Å². The van der Waals surface area contributed by atoms with Gasteiger partial charge in [0.1, 0.15) is 11.3 Å². The Hall–Kier alpha value is -4.06. The number of hydrogen-bond acceptors (Lipinski definition) is 4. The highest BCUT2D eigenvalue weighted by atomic mass is 19.3. The summed E-state index contributed by atoms with van der Waals surface area (Å²) in [6.07, 6.45) is -11.9. The van der Waals surface area contributed by atoms with E-state index in [1.165, 1.54) is 18.2 Å². The molecule has 2 aromatic rings. The maximum absolute atomic E-state index is 13.8. The number of aromatic carboxylic acids is 1. The minimum Gasteiger partial charge on any atom is -0.870 e. The molecule has 1 heterocycles. The van der Waals surface area contributed by atoms with Gasteiger partial charge in [-0.25, -0.2) is 23.0 Å². The van der Waals surface area contributed by atoms with Crippen molar-refractivity contribution < 1.29 is 51.1 Å². The molecule has 0 amide bonds. The van der Waals surface area contributed by atoms with Gasteiger partial charge in [-0.2, -0.15) is 13.2 Å². The standard InChI is InChI=1S/C26H20F6N2O3.H2O/c1-11-7-15-19(9-17(11)33-24(31)22(27)28)37-20-10-18(34-25(32)23(29)30)12(2)8-16(20)21(15)13-5-3-4-6-14(13)26(35)36;/h3-10,22-25,33H,1-2H3,(H,35,36);1H2. The average Bonchev–Trinajstić information content (AvgIpc) is 2.84. The minimum atomic E-state index is -3.29. The molecule has 4 rings (SSSR count). The number of nitrogens with one attached hydrogen (secondary N) is 2. The van der Waals surface area contributed by atoms with Crippen molar-refractivity contribution in [3.05, 3.63) is 70.6 Å². The zero-order valence-electron chi connectivity index (χ0n) is 19.9. The molecule has 2 aliphatic rings. The Bertz CT molecular complexity index is 1520. The number of carbonyl (C=O) groups is 1. The third kappa shape index (κ3) is 5.44. The van der Waals surface area contributed by atoms with Crippen molar-refractivity contribution in [2.24, 2.45) is 0 Å². The Balaban J connectivity index is 0.00000400. The van der Waals surface area contributed by atoms with Crippen LogP contribution in [0, 0.1) is 13.8 Å². The molecule has 0 spiro atoms. The lowest BCUT2D eigenvalue weighted by atomic mass is 9.89. The molecule has 1 aliphatic carbocycles. The molecule has 0 aromatic heterocycles. The third-order valence-electron chi connectivity index (χ3n) is 5.87. The highest BCUT2D eigenvalue weighted by Crippen LogP contribution is 2.42. The Morgan fingerprint density at radius 2 is 1.61 bits per heavy atom. The van der Waals surface area contributed by atoms with Crippen LogP contribution in [0.25, 0.3) is 33.4 Å². The number of hydrogen-bond donors (Lipinski definition) is 3. The number of fused-ring (bicyclic) bond motifs is 2. The molecule has 4 N–H and O–H groups in total. The largest absolute Gasteiger partial charge is 0.870 e. The highest BCUT2D eigenvalue weighted by Gasteiger charge is 2.27. The van der Waals surface area contributed by atoms with Gasteiger partial charge in [-0.05, 0) is 43.2 Å². The summed E-state index contributed by atoms with van der Waals surface area (Å²) < 4.78 is 84.7. The van der Waals surface area contributed by atoms with Crippen LogP contribution in [0.2, 0.25) is 0 Å². The fraction of sp³-hybridized carbons (Fsp3) is 0.231. The summed E-state index contributed by atoms with van der Waals surface area (Å²) in [5, 5.41) is 12.3. The van der Waals surface area contributed by atoms with Crippen LogP contribution in [0.1, 0.15) is 21.5 Å². The second-order valence-corrected chi connectivity index (χ2v) is 8.42. The summed E-state index contributed by atoms with van der Waals surface area (Å²) in [5.41, 5.74) is 1.89. The third-order valence-corrected chi connectivity index (χ3v) is 5.87. The van der Waals surface area contributed by atoms with Gasteiger partial charge in [0.05, 0.1) is 11.6 Å². The van der Waals surface area contributed by atoms with Gasteiger partial charge in [0.2, 0.25) is 11.7 Å². The normalized spacial score (nSPS) is 13.7. The van der Waals surface area contributed by atoms with Crippen molar-refractivity contribution in [1.82, 2.24) is 0 Å². The summed E-state index contributed by atoms with van der Waals surface area (Å²) in [6, 6.07) is 11.8. The van der Waals surface area contributed by atoms with Crippen molar-refractivity contribution in [2.75, 3.05) is 5.32 Å². The van der Waals surface area contributed by atoms with Gasteiger partial charge in [0.15, 0.2) is 0 Å². The Morgan fingerprint density at radius 3 is 2.24 bits per heavy atom. The Morgan fingerprint density at radius 1 is 0.921 bits per heavy atom. The zero-order valence-corrected chi connectivity index (χ0v) is 19.9. The van der Waals surface area contributed by atoms with Crippen LogP contribution < -0.4 is 15.7 Å². The molecule has 38 heavy (non-hydrogen) atoms. The van der Waals surface area contributed by atoms with Gasteiger partial charge in [-0.3, -0.25) is 0 Å². The molecule has 0 fully saturated rings. The molecule has 0 radical (unpaired) electrons. The molecule has 202 valence electrons. The minimum absolute atomic E-state index is 0. The van der Waals surface area contributed by atoms with E-state index in [9.17, 15) is 36.2 Å². The Labute approximate surface area is 211 Å². The molecule has 0 saturated carbocycles. The highest BCUT2D eigenvalue weighted by molar-refractivity contribution is 6.08. The number of benzene rings is 3. The van der Waals surface area contributed by atoms with Crippen LogP contribution in [0.4, 0.5) is 32.0 Å². The van der Waals surface area contributed by atoms with E-state index in [0.29, 0.717) is 33.2 Å². The second-order valence-electron chi connectivity index (χ2n) is 8.42. The quantitative estimate of drug-likeness (QED) is 0.176. The van der Waals surface area contributed by atoms with Crippen molar-refractivity contribution in [3.63, 3.8) is 0 Å². The number of carboxylic acids is 1. The lowest BCUT2D eigenvalue weighted by Crippen LogP contribution is -2.83. The van der Waals surface area contributed by atoms with Gasteiger partial charge in [0.25, 0.3) is 6.43 Å². The first kappa shape index (κ1) is 28.5. The van der Waals surface area contributed by atoms with E-state index in [2.05, 4.69) is 10.3 Å². The van der Waals surface area contributed by atoms with Crippen LogP contribution in [0.15, 0.2) is 52.9 Å². The maximum atomic E-state index is 13.8. The van der Waals surface area contributed by atoms with Gasteiger partial charge in [-0.1, -0.05) is 18.2 Å². The van der Waals surface area contributed by atoms with Crippen molar-refractivity contribution in [3.8, 4) is 22.5 Å². The molecular formula is C26H22F6N2O4. The number of rotatable bonds is 7. The fourth-order valence-electron chi connectivity index (χ4n) is 4.11. The molecule has 6 nitrogen and oxygen atoms in total. The van der Waals surface area contributed by atoms with Crippen LogP contribution >= 0.6 is 0 Å². The first-order valence-electron chi connectivity index (χ1n) is 11.0. The Kier molecular flexibility index (Phi) is 8.35. The van der Waals surface area contributed by atoms with E-state index >= 15 is 0 Å². The van der Waals surface area contributed by atoms with Crippen molar-refractivity contribution in [1.29, 1.82) is 0 Å². The molecule has 12 heteroatoms. The van der Waals surface area contributed by atoms with Crippen LogP contribution in [0.3, 0.4) is 0 Å². The lowest BCUT2D eigenvalue weighted by Gasteiger charge is -2.19. The average molecular weight is 540 g/mol. The second kappa shape index (κ2) is 11.1. The number of anilines is 1. The van der Waals surface area contributed by atoms with Crippen molar-refractivity contribution >= 4 is 22.6 Å². The summed E-state index contributed by atoms with van der Waals surface area (Å²) in [4.78, 5) is 14.1. The maximum Gasteiger partial charge on any atom is 0.353 e. The van der Waals surface area contributed by atoms with E-state index in [1.807, 2.05) is 0 Å². The van der Waals surface area contributed by atoms with Gasteiger partial charge in [-0.15, -0.1) is 0 Å². The number of alkyl halides is 6. The van der Waals surface area contributed by atoms with E-state index < -0.39 is 31.4 Å². The van der Waals surface area contributed by atoms with Gasteiger partial charge in [0, 0.05) is 33.8 Å². The summed E-state index contributed by atoms with van der Waals surface area (Å²) in [5.74, 6) is -1.14. The summed E-state index contributed by atoms with van der Waals surface area (Å²) in [7, 11) is 0. The van der Waals surface area contributed by atoms with Crippen LogP contribution in [-0.4, -0.2) is 42.0 Å². The van der Waals surface area contributed by atoms with E-state index in [4.69, 9.17) is 4.42 Å². The summed E-state index contributed by atoms with van der Waals surface area (Å²) >= 11 is 0. The predicted octanol–water partition coefficient (Wildman–Crippen LogP) is 4.86. The predicted molar refractivity (Wildman–Crippen MR) is 126 cm³/mol. The zero-order chi connectivity index (χ0) is 27.0. The van der Waals surface area contributed by atoms with E-state index in [-0.39, 0.29) is 33.4 Å². The van der Waals surface area contributed by atoms with Crippen molar-refractivity contribution in [2.45, 2.75) is 39.3 Å². The van der Waals surface area contributed by atoms with Crippen LogP contribution in [0.5, 0.6) is 0 Å². The smallest absolute Gasteiger partial charge is 0.353 e. The molecule has 2 atom stereocenters. The molecule has 2 aromatic carbocycles. The van der Waals surface area contributed by atoms with E-state index in [1.54, 1.807) is 44.2 Å². The SMILES string of the molecule is Cc1cc2c(-c3ccccc3C(=O)O)c3cc(C)c(=[NH+]C(F)C(F)F)cc-3oc2cc1NC(F)C(F)F.[OH-]. The van der Waals surface area contributed by atoms with Crippen LogP contribution in [-0.2, 0) is 0 Å². The molecule has 1 aliphatic heterocycles. The monoisotopic (exact) mass is 540 g/mol. The first-order chi connectivity index (χ1) is 17.5. The molecule has 0 saturated heterocycles. The molecular weight excluding hydrogens is 518 g/mol.